The van der Waals surface area contributed by atoms with Gasteiger partial charge in [0.15, 0.2) is 0 Å². The highest BCUT2D eigenvalue weighted by atomic mass is 32.2. The van der Waals surface area contributed by atoms with Crippen LogP contribution in [0, 0.1) is 6.92 Å². The second-order valence-corrected chi connectivity index (χ2v) is 9.17. The Morgan fingerprint density at radius 2 is 1.85 bits per heavy atom. The van der Waals surface area contributed by atoms with Crippen molar-refractivity contribution in [3.63, 3.8) is 0 Å². The Bertz CT molecular complexity index is 1190. The standard InChI is InChI=1S/C23H25F3N4O3S/c1-16-21(31)30(18-4-6-19(7-5-18)34-23(24,25)26)22(32)29(16)15-17-8-9-27-14-20(17)33-13-12-28-10-2-3-11-28/h4-9,14,31H,2-3,10-13,15H2,1H3. The number of rotatable bonds is 8. The summed E-state index contributed by atoms with van der Waals surface area (Å²) >= 11 is -0.239. The van der Waals surface area contributed by atoms with Crippen LogP contribution in [-0.4, -0.2) is 55.9 Å². The van der Waals surface area contributed by atoms with Crippen molar-refractivity contribution in [3.05, 3.63) is 64.5 Å². The van der Waals surface area contributed by atoms with E-state index in [4.69, 9.17) is 4.74 Å². The average molecular weight is 495 g/mol. The summed E-state index contributed by atoms with van der Waals surface area (Å²) in [7, 11) is 0. The first-order valence-corrected chi connectivity index (χ1v) is 11.7. The number of halogens is 3. The van der Waals surface area contributed by atoms with E-state index in [9.17, 15) is 23.1 Å². The maximum absolute atomic E-state index is 13.1. The SMILES string of the molecule is Cc1c(O)n(-c2ccc(SC(F)(F)F)cc2)c(=O)n1Cc1ccncc1OCCN1CCCC1. The fraction of sp³-hybridized carbons (Fsp3) is 0.391. The number of hydrogen-bond acceptors (Lipinski definition) is 6. The van der Waals surface area contributed by atoms with Crippen LogP contribution < -0.4 is 10.4 Å². The minimum atomic E-state index is -4.40. The lowest BCUT2D eigenvalue weighted by molar-refractivity contribution is -0.0328. The molecule has 1 N–H and O–H groups in total. The highest BCUT2D eigenvalue weighted by molar-refractivity contribution is 8.00. The molecule has 3 aromatic rings. The van der Waals surface area contributed by atoms with Crippen molar-refractivity contribution in [2.24, 2.45) is 0 Å². The van der Waals surface area contributed by atoms with Crippen molar-refractivity contribution in [3.8, 4) is 17.3 Å². The predicted molar refractivity (Wildman–Crippen MR) is 123 cm³/mol. The van der Waals surface area contributed by atoms with Crippen LogP contribution in [0.4, 0.5) is 13.2 Å². The van der Waals surface area contributed by atoms with E-state index in [-0.39, 0.29) is 34.8 Å². The molecule has 34 heavy (non-hydrogen) atoms. The summed E-state index contributed by atoms with van der Waals surface area (Å²) in [6.07, 6.45) is 5.61. The molecule has 11 heteroatoms. The Morgan fingerprint density at radius 3 is 2.53 bits per heavy atom. The molecule has 1 aliphatic heterocycles. The van der Waals surface area contributed by atoms with Crippen molar-refractivity contribution in [2.75, 3.05) is 26.2 Å². The number of aromatic hydroxyl groups is 1. The van der Waals surface area contributed by atoms with Crippen molar-refractivity contribution in [2.45, 2.75) is 36.7 Å². The molecule has 1 saturated heterocycles. The molecule has 0 atom stereocenters. The van der Waals surface area contributed by atoms with Crippen molar-refractivity contribution in [1.29, 1.82) is 0 Å². The first-order valence-electron chi connectivity index (χ1n) is 10.9. The molecule has 0 spiro atoms. The fourth-order valence-corrected chi connectivity index (χ4v) is 4.52. The quantitative estimate of drug-likeness (QED) is 0.474. The molecule has 0 unspecified atom stereocenters. The number of nitrogens with zero attached hydrogens (tertiary/aromatic N) is 4. The number of imidazole rings is 1. The Morgan fingerprint density at radius 1 is 1.15 bits per heavy atom. The Labute approximate surface area is 198 Å². The van der Waals surface area contributed by atoms with Gasteiger partial charge in [-0.1, -0.05) is 0 Å². The molecule has 182 valence electrons. The van der Waals surface area contributed by atoms with Gasteiger partial charge in [0, 0.05) is 23.2 Å². The Kier molecular flexibility index (Phi) is 7.22. The summed E-state index contributed by atoms with van der Waals surface area (Å²) in [5.74, 6) is 0.292. The first-order chi connectivity index (χ1) is 16.2. The van der Waals surface area contributed by atoms with Crippen molar-refractivity contribution >= 4 is 11.8 Å². The van der Waals surface area contributed by atoms with Crippen LogP contribution in [0.5, 0.6) is 11.6 Å². The van der Waals surface area contributed by atoms with Gasteiger partial charge in [-0.05, 0) is 74.9 Å². The second kappa shape index (κ2) is 10.1. The molecule has 2 aromatic heterocycles. The fourth-order valence-electron chi connectivity index (χ4n) is 3.98. The molecule has 4 rings (SSSR count). The lowest BCUT2D eigenvalue weighted by Gasteiger charge is -2.16. The third kappa shape index (κ3) is 5.58. The number of benzene rings is 1. The van der Waals surface area contributed by atoms with Gasteiger partial charge in [0.25, 0.3) is 0 Å². The van der Waals surface area contributed by atoms with E-state index in [1.807, 2.05) is 0 Å². The number of ether oxygens (including phenoxy) is 1. The zero-order valence-corrected chi connectivity index (χ0v) is 19.4. The van der Waals surface area contributed by atoms with Gasteiger partial charge in [-0.2, -0.15) is 13.2 Å². The first kappa shape index (κ1) is 24.2. The number of alkyl halides is 3. The van der Waals surface area contributed by atoms with E-state index in [1.54, 1.807) is 25.4 Å². The summed E-state index contributed by atoms with van der Waals surface area (Å²) in [4.78, 5) is 19.6. The van der Waals surface area contributed by atoms with Gasteiger partial charge in [-0.3, -0.25) is 14.5 Å². The maximum atomic E-state index is 13.1. The molecule has 1 aliphatic rings. The van der Waals surface area contributed by atoms with Gasteiger partial charge >= 0.3 is 11.2 Å². The van der Waals surface area contributed by atoms with Crippen LogP contribution in [0.3, 0.4) is 0 Å². The second-order valence-electron chi connectivity index (χ2n) is 8.04. The summed E-state index contributed by atoms with van der Waals surface area (Å²) in [6.45, 7) is 5.21. The van der Waals surface area contributed by atoms with E-state index in [0.29, 0.717) is 18.1 Å². The zero-order valence-electron chi connectivity index (χ0n) is 18.6. The minimum Gasteiger partial charge on any atom is -0.493 e. The molecule has 7 nitrogen and oxygen atoms in total. The minimum absolute atomic E-state index is 0.00699. The van der Waals surface area contributed by atoms with Gasteiger partial charge in [0.1, 0.15) is 12.4 Å². The van der Waals surface area contributed by atoms with Gasteiger partial charge in [-0.25, -0.2) is 9.36 Å². The number of pyridine rings is 1. The average Bonchev–Trinajstić information content (AvgIpc) is 3.38. The molecular formula is C23H25F3N4O3S. The molecular weight excluding hydrogens is 469 g/mol. The molecule has 0 saturated carbocycles. The van der Waals surface area contributed by atoms with Crippen LogP contribution in [0.1, 0.15) is 24.1 Å². The summed E-state index contributed by atoms with van der Waals surface area (Å²) < 4.78 is 46.2. The molecule has 0 amide bonds. The third-order valence-corrected chi connectivity index (χ3v) is 6.49. The summed E-state index contributed by atoms with van der Waals surface area (Å²) in [5, 5.41) is 10.6. The summed E-state index contributed by atoms with van der Waals surface area (Å²) in [5.41, 5.74) is -3.58. The van der Waals surface area contributed by atoms with E-state index in [1.165, 1.54) is 41.7 Å². The Hall–Kier alpha value is -2.92. The molecule has 0 aliphatic carbocycles. The highest BCUT2D eigenvalue weighted by Crippen LogP contribution is 2.37. The highest BCUT2D eigenvalue weighted by Gasteiger charge is 2.29. The normalized spacial score (nSPS) is 14.6. The number of likely N-dealkylation sites (tertiary alicyclic amines) is 1. The molecule has 1 aromatic carbocycles. The molecule has 0 bridgehead atoms. The van der Waals surface area contributed by atoms with Crippen LogP contribution in [0.2, 0.25) is 0 Å². The van der Waals surface area contributed by atoms with Crippen LogP contribution in [0.25, 0.3) is 5.69 Å². The van der Waals surface area contributed by atoms with E-state index in [0.717, 1.165) is 29.8 Å². The maximum Gasteiger partial charge on any atom is 0.446 e. The van der Waals surface area contributed by atoms with Crippen molar-refractivity contribution in [1.82, 2.24) is 19.0 Å². The van der Waals surface area contributed by atoms with Crippen LogP contribution >= 0.6 is 11.8 Å². The predicted octanol–water partition coefficient (Wildman–Crippen LogP) is 4.18. The molecule has 0 radical (unpaired) electrons. The van der Waals surface area contributed by atoms with Crippen LogP contribution in [0.15, 0.2) is 52.4 Å². The van der Waals surface area contributed by atoms with E-state index >= 15 is 0 Å². The smallest absolute Gasteiger partial charge is 0.446 e. The van der Waals surface area contributed by atoms with Crippen LogP contribution in [-0.2, 0) is 6.54 Å². The monoisotopic (exact) mass is 494 g/mol. The van der Waals surface area contributed by atoms with Gasteiger partial charge in [0.05, 0.1) is 24.1 Å². The van der Waals surface area contributed by atoms with Crippen molar-refractivity contribution < 1.29 is 23.0 Å². The topological polar surface area (TPSA) is 72.5 Å². The number of thioether (sulfide) groups is 1. The Balaban J connectivity index is 1.54. The largest absolute Gasteiger partial charge is 0.493 e. The van der Waals surface area contributed by atoms with Gasteiger partial charge < -0.3 is 9.84 Å². The molecule has 1 fully saturated rings. The van der Waals surface area contributed by atoms with E-state index in [2.05, 4.69) is 9.88 Å². The number of hydrogen-bond donors (Lipinski definition) is 1. The van der Waals surface area contributed by atoms with Gasteiger partial charge in [0.2, 0.25) is 5.88 Å². The molecule has 3 heterocycles. The van der Waals surface area contributed by atoms with Gasteiger partial charge in [-0.15, -0.1) is 0 Å². The third-order valence-electron chi connectivity index (χ3n) is 5.75. The number of aromatic nitrogens is 3. The lowest BCUT2D eigenvalue weighted by Crippen LogP contribution is -2.26. The lowest BCUT2D eigenvalue weighted by atomic mass is 10.2. The summed E-state index contributed by atoms with van der Waals surface area (Å²) in [6, 6.07) is 7.04. The zero-order chi connectivity index (χ0) is 24.3. The van der Waals surface area contributed by atoms with E-state index < -0.39 is 11.2 Å².